The Morgan fingerprint density at radius 2 is 1.79 bits per heavy atom. The molecular weight excluding hydrogens is 521 g/mol. The molecule has 0 amide bonds. The zero-order valence-electron chi connectivity index (χ0n) is 21.7. The van der Waals surface area contributed by atoms with Crippen molar-refractivity contribution in [2.24, 2.45) is 0 Å². The van der Waals surface area contributed by atoms with Crippen molar-refractivity contribution in [3.05, 3.63) is 64.8 Å². The smallest absolute Gasteiger partial charge is 0.421 e. The molecule has 38 heavy (non-hydrogen) atoms. The third kappa shape index (κ3) is 8.21. The van der Waals surface area contributed by atoms with Crippen LogP contribution in [-0.2, 0) is 29.3 Å². The molecule has 0 spiro atoms. The van der Waals surface area contributed by atoms with Crippen molar-refractivity contribution in [3.8, 4) is 5.75 Å². The van der Waals surface area contributed by atoms with Crippen LogP contribution in [0.2, 0.25) is 0 Å². The average Bonchev–Trinajstić information content (AvgIpc) is 2.81. The number of nitrogens with zero attached hydrogens (tertiary/aromatic N) is 2. The van der Waals surface area contributed by atoms with Gasteiger partial charge in [0, 0.05) is 25.3 Å². The van der Waals surface area contributed by atoms with Gasteiger partial charge in [0.2, 0.25) is 16.0 Å². The van der Waals surface area contributed by atoms with Crippen LogP contribution in [-0.4, -0.2) is 37.8 Å². The molecule has 206 valence electrons. The lowest BCUT2D eigenvalue weighted by molar-refractivity contribution is -0.137. The van der Waals surface area contributed by atoms with Gasteiger partial charge in [-0.15, -0.1) is 0 Å². The van der Waals surface area contributed by atoms with E-state index in [0.29, 0.717) is 35.8 Å². The van der Waals surface area contributed by atoms with Gasteiger partial charge in [-0.25, -0.2) is 13.4 Å². The lowest BCUT2D eigenvalue weighted by Gasteiger charge is -2.17. The van der Waals surface area contributed by atoms with Gasteiger partial charge in [0.25, 0.3) is 0 Å². The topological polar surface area (TPSA) is 117 Å². The number of nitrogens with one attached hydrogen (secondary N) is 4. The minimum absolute atomic E-state index is 0.0785. The number of ether oxygens (including phenoxy) is 1. The number of rotatable bonds is 11. The molecule has 0 atom stereocenters. The molecule has 0 bridgehead atoms. The Morgan fingerprint density at radius 1 is 1.05 bits per heavy atom. The molecule has 0 aliphatic rings. The van der Waals surface area contributed by atoms with E-state index in [0.717, 1.165) is 17.4 Å². The summed E-state index contributed by atoms with van der Waals surface area (Å²) in [7, 11) is -2.11. The van der Waals surface area contributed by atoms with Gasteiger partial charge in [-0.2, -0.15) is 18.2 Å². The molecule has 0 unspecified atom stereocenters. The largest absolute Gasteiger partial charge is 0.495 e. The van der Waals surface area contributed by atoms with Crippen LogP contribution in [0.15, 0.2) is 42.6 Å². The van der Waals surface area contributed by atoms with Gasteiger partial charge in [-0.3, -0.25) is 4.72 Å². The number of anilines is 4. The number of methoxy groups -OCH3 is 1. The summed E-state index contributed by atoms with van der Waals surface area (Å²) < 4.78 is 72.5. The van der Waals surface area contributed by atoms with Crippen molar-refractivity contribution in [1.82, 2.24) is 15.3 Å². The van der Waals surface area contributed by atoms with Gasteiger partial charge in [0.1, 0.15) is 17.1 Å². The van der Waals surface area contributed by atoms with Gasteiger partial charge < -0.3 is 20.7 Å². The van der Waals surface area contributed by atoms with Crippen molar-refractivity contribution < 1.29 is 26.3 Å². The number of halogens is 3. The first-order valence-corrected chi connectivity index (χ1v) is 13.6. The first-order valence-electron chi connectivity index (χ1n) is 11.7. The third-order valence-electron chi connectivity index (χ3n) is 5.33. The summed E-state index contributed by atoms with van der Waals surface area (Å²) >= 11 is 0. The molecule has 1 aromatic heterocycles. The molecule has 3 rings (SSSR count). The summed E-state index contributed by atoms with van der Waals surface area (Å²) in [5.41, 5.74) is 1.87. The van der Waals surface area contributed by atoms with Crippen LogP contribution in [0.25, 0.3) is 0 Å². The van der Waals surface area contributed by atoms with Gasteiger partial charge in [0.15, 0.2) is 0 Å². The van der Waals surface area contributed by atoms with Gasteiger partial charge in [-0.05, 0) is 41.8 Å². The zero-order chi connectivity index (χ0) is 28.1. The maximum Gasteiger partial charge on any atom is 0.421 e. The predicted octanol–water partition coefficient (Wildman–Crippen LogP) is 5.04. The Hall–Kier alpha value is -3.58. The molecule has 13 heteroatoms. The lowest BCUT2D eigenvalue weighted by Crippen LogP contribution is -2.21. The Balaban J connectivity index is 1.89. The molecule has 0 saturated heterocycles. The van der Waals surface area contributed by atoms with E-state index in [1.54, 1.807) is 31.2 Å². The molecule has 9 nitrogen and oxygen atoms in total. The van der Waals surface area contributed by atoms with Gasteiger partial charge >= 0.3 is 6.18 Å². The normalized spacial score (nSPS) is 11.9. The number of aromatic nitrogens is 2. The van der Waals surface area contributed by atoms with E-state index in [9.17, 15) is 21.6 Å². The van der Waals surface area contributed by atoms with E-state index in [-0.39, 0.29) is 18.2 Å². The summed E-state index contributed by atoms with van der Waals surface area (Å²) in [6, 6.07) is 10.7. The van der Waals surface area contributed by atoms with Crippen molar-refractivity contribution in [2.75, 3.05) is 28.7 Å². The van der Waals surface area contributed by atoms with Crippen LogP contribution in [0.1, 0.15) is 36.1 Å². The maximum atomic E-state index is 13.7. The molecule has 0 radical (unpaired) electrons. The fourth-order valence-corrected chi connectivity index (χ4v) is 4.08. The number of benzene rings is 2. The molecular formula is C25H31F3N6O3S. The number of hydrogen-bond acceptors (Lipinski definition) is 8. The fourth-order valence-electron chi connectivity index (χ4n) is 3.49. The van der Waals surface area contributed by atoms with Crippen molar-refractivity contribution >= 4 is 33.2 Å². The first-order chi connectivity index (χ1) is 17.7. The first kappa shape index (κ1) is 29.0. The minimum atomic E-state index is -4.72. The van der Waals surface area contributed by atoms with E-state index < -0.39 is 27.6 Å². The number of sulfonamides is 1. The summed E-state index contributed by atoms with van der Waals surface area (Å²) in [5, 5.41) is 8.91. The number of alkyl halides is 3. The van der Waals surface area contributed by atoms with Crippen LogP contribution in [0.5, 0.6) is 5.75 Å². The second kappa shape index (κ2) is 11.9. The van der Waals surface area contributed by atoms with E-state index in [1.165, 1.54) is 7.11 Å². The van der Waals surface area contributed by atoms with Crippen LogP contribution in [0.4, 0.5) is 36.3 Å². The fraction of sp³-hybridized carbons (Fsp3) is 0.360. The highest BCUT2D eigenvalue weighted by molar-refractivity contribution is 7.92. The zero-order valence-corrected chi connectivity index (χ0v) is 22.5. The molecule has 2 aromatic carbocycles. The highest BCUT2D eigenvalue weighted by Crippen LogP contribution is 2.35. The van der Waals surface area contributed by atoms with Crippen LogP contribution >= 0.6 is 0 Å². The number of hydrogen-bond donors (Lipinski definition) is 4. The molecule has 0 fully saturated rings. The minimum Gasteiger partial charge on any atom is -0.495 e. The highest BCUT2D eigenvalue weighted by Gasteiger charge is 2.35. The van der Waals surface area contributed by atoms with Crippen molar-refractivity contribution in [3.63, 3.8) is 0 Å². The summed E-state index contributed by atoms with van der Waals surface area (Å²) in [6.07, 6.45) is -3.03. The van der Waals surface area contributed by atoms with Crippen LogP contribution < -0.4 is 25.4 Å². The van der Waals surface area contributed by atoms with Crippen LogP contribution in [0, 0.1) is 6.92 Å². The standard InChI is InChI=1S/C25H31F3N6O3S/c1-15(2)29-12-17-7-9-20(22(11-17)37-4)32-24-31-14-19(25(26,27)28)23(33-24)30-13-18-8-6-16(3)10-21(18)34-38(5,35)36/h6-11,14-15,29,34H,12-13H2,1-5H3,(H2,30,31,32,33). The maximum absolute atomic E-state index is 13.7. The van der Waals surface area contributed by atoms with E-state index in [2.05, 4.69) is 30.6 Å². The lowest BCUT2D eigenvalue weighted by atomic mass is 10.1. The van der Waals surface area contributed by atoms with Crippen molar-refractivity contribution in [1.29, 1.82) is 0 Å². The average molecular weight is 553 g/mol. The molecule has 3 aromatic rings. The van der Waals surface area contributed by atoms with E-state index in [1.807, 2.05) is 26.0 Å². The molecule has 1 heterocycles. The summed E-state index contributed by atoms with van der Waals surface area (Å²) in [5.74, 6) is -0.0648. The van der Waals surface area contributed by atoms with Crippen LogP contribution in [0.3, 0.4) is 0 Å². The number of aryl methyl sites for hydroxylation is 1. The quantitative estimate of drug-likeness (QED) is 0.262. The second-order valence-corrected chi connectivity index (χ2v) is 10.8. The Bertz CT molecular complexity index is 1380. The Labute approximate surface area is 220 Å². The summed E-state index contributed by atoms with van der Waals surface area (Å²) in [6.45, 7) is 6.33. The SMILES string of the molecule is COc1cc(CNC(C)C)ccc1Nc1ncc(C(F)(F)F)c(NCc2ccc(C)cc2NS(C)(=O)=O)n1. The van der Waals surface area contributed by atoms with Crippen molar-refractivity contribution in [2.45, 2.75) is 46.1 Å². The molecule has 0 aliphatic heterocycles. The molecule has 0 saturated carbocycles. The third-order valence-corrected chi connectivity index (χ3v) is 5.92. The molecule has 0 aliphatic carbocycles. The van der Waals surface area contributed by atoms with E-state index >= 15 is 0 Å². The van der Waals surface area contributed by atoms with Gasteiger partial charge in [-0.1, -0.05) is 32.0 Å². The summed E-state index contributed by atoms with van der Waals surface area (Å²) in [4.78, 5) is 7.92. The Morgan fingerprint density at radius 3 is 2.42 bits per heavy atom. The highest BCUT2D eigenvalue weighted by atomic mass is 32.2. The predicted molar refractivity (Wildman–Crippen MR) is 142 cm³/mol. The molecule has 4 N–H and O–H groups in total. The van der Waals surface area contributed by atoms with Gasteiger partial charge in [0.05, 0.1) is 24.7 Å². The van der Waals surface area contributed by atoms with E-state index in [4.69, 9.17) is 4.74 Å². The second-order valence-electron chi connectivity index (χ2n) is 9.04. The Kier molecular flexibility index (Phi) is 9.05. The monoisotopic (exact) mass is 552 g/mol.